The number of thioether (sulfide) groups is 1. The number of rotatable bonds is 3. The highest BCUT2D eigenvalue weighted by Gasteiger charge is 2.37. The number of aromatic nitrogens is 1. The Morgan fingerprint density at radius 1 is 1.75 bits per heavy atom. The molecule has 1 aliphatic rings. The van der Waals surface area contributed by atoms with Gasteiger partial charge >= 0.3 is 0 Å². The van der Waals surface area contributed by atoms with Gasteiger partial charge in [0.05, 0.1) is 16.3 Å². The van der Waals surface area contributed by atoms with Gasteiger partial charge in [0.2, 0.25) is 5.91 Å². The molecule has 1 unspecified atom stereocenters. The minimum Gasteiger partial charge on any atom is -0.301 e. The molecule has 0 saturated carbocycles. The van der Waals surface area contributed by atoms with Crippen LogP contribution in [0.25, 0.3) is 0 Å². The molecule has 1 atom stereocenters. The van der Waals surface area contributed by atoms with Crippen LogP contribution in [0.15, 0.2) is 5.38 Å². The number of amides is 1. The summed E-state index contributed by atoms with van der Waals surface area (Å²) in [5.41, 5.74) is 0.811. The van der Waals surface area contributed by atoms with E-state index < -0.39 is 0 Å². The molecule has 1 aromatic heterocycles. The van der Waals surface area contributed by atoms with E-state index in [1.165, 1.54) is 11.3 Å². The molecule has 1 aromatic rings. The number of carbonyl (C=O) groups excluding carboxylic acids is 1. The van der Waals surface area contributed by atoms with Crippen molar-refractivity contribution in [1.29, 1.82) is 0 Å². The molecule has 2 heterocycles. The second kappa shape index (κ2) is 4.94. The second-order valence-electron chi connectivity index (χ2n) is 3.91. The third-order valence-corrected chi connectivity index (χ3v) is 5.21. The lowest BCUT2D eigenvalue weighted by molar-refractivity contribution is -0.118. The molecule has 88 valence electrons. The number of hydrogen-bond donors (Lipinski definition) is 1. The lowest BCUT2D eigenvalue weighted by Gasteiger charge is -2.20. The zero-order valence-corrected chi connectivity index (χ0v) is 11.3. The quantitative estimate of drug-likeness (QED) is 0.863. The minimum atomic E-state index is -0.285. The molecule has 1 saturated heterocycles. The maximum absolute atomic E-state index is 12.0. The van der Waals surface area contributed by atoms with Crippen molar-refractivity contribution in [2.75, 3.05) is 11.1 Å². The van der Waals surface area contributed by atoms with Crippen LogP contribution in [-0.2, 0) is 10.7 Å². The van der Waals surface area contributed by atoms with Gasteiger partial charge in [-0.3, -0.25) is 4.79 Å². The molecule has 6 heteroatoms. The van der Waals surface area contributed by atoms with E-state index in [1.54, 1.807) is 11.8 Å². The number of thiazole rings is 1. The molecule has 0 aromatic carbocycles. The molecule has 0 spiro atoms. The summed E-state index contributed by atoms with van der Waals surface area (Å²) in [7, 11) is 0. The SMILES string of the molecule is CC1(C(=O)Nc2nc(CCl)cs2)CCCS1. The molecule has 1 amide bonds. The Morgan fingerprint density at radius 3 is 3.12 bits per heavy atom. The van der Waals surface area contributed by atoms with Gasteiger partial charge < -0.3 is 5.32 Å². The highest BCUT2D eigenvalue weighted by atomic mass is 35.5. The highest BCUT2D eigenvalue weighted by Crippen LogP contribution is 2.38. The van der Waals surface area contributed by atoms with E-state index in [2.05, 4.69) is 10.3 Å². The summed E-state index contributed by atoms with van der Waals surface area (Å²) in [4.78, 5) is 16.3. The summed E-state index contributed by atoms with van der Waals surface area (Å²) in [6, 6.07) is 0. The summed E-state index contributed by atoms with van der Waals surface area (Å²) >= 11 is 8.81. The van der Waals surface area contributed by atoms with Crippen molar-refractivity contribution >= 4 is 45.7 Å². The van der Waals surface area contributed by atoms with Crippen molar-refractivity contribution in [3.05, 3.63) is 11.1 Å². The smallest absolute Gasteiger partial charge is 0.242 e. The lowest BCUT2D eigenvalue weighted by Crippen LogP contribution is -2.34. The molecular weight excluding hydrogens is 264 g/mol. The van der Waals surface area contributed by atoms with E-state index in [4.69, 9.17) is 11.6 Å². The van der Waals surface area contributed by atoms with Crippen LogP contribution < -0.4 is 5.32 Å². The van der Waals surface area contributed by atoms with Crippen LogP contribution in [-0.4, -0.2) is 21.4 Å². The average molecular weight is 277 g/mol. The van der Waals surface area contributed by atoms with Crippen molar-refractivity contribution in [3.63, 3.8) is 0 Å². The largest absolute Gasteiger partial charge is 0.301 e. The maximum atomic E-state index is 12.0. The highest BCUT2D eigenvalue weighted by molar-refractivity contribution is 8.01. The van der Waals surface area contributed by atoms with Crippen molar-refractivity contribution in [3.8, 4) is 0 Å². The van der Waals surface area contributed by atoms with E-state index in [0.29, 0.717) is 11.0 Å². The van der Waals surface area contributed by atoms with Gasteiger partial charge in [0.1, 0.15) is 0 Å². The number of alkyl halides is 1. The van der Waals surface area contributed by atoms with E-state index in [0.717, 1.165) is 24.3 Å². The van der Waals surface area contributed by atoms with Crippen LogP contribution in [0.5, 0.6) is 0 Å². The Labute approximate surface area is 108 Å². The van der Waals surface area contributed by atoms with Crippen LogP contribution in [0.4, 0.5) is 5.13 Å². The van der Waals surface area contributed by atoms with Gasteiger partial charge in [-0.1, -0.05) is 0 Å². The van der Waals surface area contributed by atoms with Gasteiger partial charge in [-0.05, 0) is 25.5 Å². The number of anilines is 1. The normalized spacial score (nSPS) is 24.6. The van der Waals surface area contributed by atoms with Crippen LogP contribution >= 0.6 is 34.7 Å². The Bertz CT molecular complexity index is 388. The van der Waals surface area contributed by atoms with Gasteiger partial charge in [0.25, 0.3) is 0 Å². The van der Waals surface area contributed by atoms with E-state index in [9.17, 15) is 4.79 Å². The minimum absolute atomic E-state index is 0.0606. The first-order chi connectivity index (χ1) is 7.64. The zero-order valence-electron chi connectivity index (χ0n) is 8.96. The Balaban J connectivity index is 2.01. The molecule has 1 aliphatic heterocycles. The Kier molecular flexibility index (Phi) is 3.77. The van der Waals surface area contributed by atoms with Gasteiger partial charge in [-0.25, -0.2) is 4.98 Å². The Hall–Kier alpha value is -0.260. The fraction of sp³-hybridized carbons (Fsp3) is 0.600. The van der Waals surface area contributed by atoms with Gasteiger partial charge in [0, 0.05) is 5.38 Å². The molecule has 1 N–H and O–H groups in total. The number of halogens is 1. The number of carbonyl (C=O) groups is 1. The fourth-order valence-corrected chi connectivity index (χ4v) is 3.76. The lowest BCUT2D eigenvalue weighted by atomic mass is 10.1. The summed E-state index contributed by atoms with van der Waals surface area (Å²) in [6.07, 6.45) is 2.05. The van der Waals surface area contributed by atoms with Gasteiger partial charge in [-0.15, -0.1) is 34.7 Å². The molecule has 0 radical (unpaired) electrons. The first kappa shape index (κ1) is 12.2. The topological polar surface area (TPSA) is 42.0 Å². The molecule has 1 fully saturated rings. The van der Waals surface area contributed by atoms with Crippen LogP contribution in [0.2, 0.25) is 0 Å². The van der Waals surface area contributed by atoms with Crippen LogP contribution in [0.1, 0.15) is 25.5 Å². The van der Waals surface area contributed by atoms with E-state index in [-0.39, 0.29) is 10.7 Å². The van der Waals surface area contributed by atoms with E-state index >= 15 is 0 Å². The molecule has 16 heavy (non-hydrogen) atoms. The first-order valence-electron chi connectivity index (χ1n) is 5.10. The summed E-state index contributed by atoms with van der Waals surface area (Å²) < 4.78 is -0.285. The number of nitrogens with zero attached hydrogens (tertiary/aromatic N) is 1. The van der Waals surface area contributed by atoms with Crippen LogP contribution in [0, 0.1) is 0 Å². The van der Waals surface area contributed by atoms with Crippen molar-refractivity contribution in [2.24, 2.45) is 0 Å². The van der Waals surface area contributed by atoms with Crippen molar-refractivity contribution in [1.82, 2.24) is 4.98 Å². The monoisotopic (exact) mass is 276 g/mol. The van der Waals surface area contributed by atoms with Crippen LogP contribution in [0.3, 0.4) is 0 Å². The second-order valence-corrected chi connectivity index (χ2v) is 6.64. The zero-order chi connectivity index (χ0) is 11.6. The predicted octanol–water partition coefficient (Wildman–Crippen LogP) is 3.11. The third-order valence-electron chi connectivity index (χ3n) is 2.61. The van der Waals surface area contributed by atoms with Gasteiger partial charge in [-0.2, -0.15) is 0 Å². The fourth-order valence-electron chi connectivity index (χ4n) is 1.61. The third kappa shape index (κ3) is 2.52. The summed E-state index contributed by atoms with van der Waals surface area (Å²) in [6.45, 7) is 2.00. The average Bonchev–Trinajstić information content (AvgIpc) is 2.88. The predicted molar refractivity (Wildman–Crippen MR) is 70.4 cm³/mol. The number of hydrogen-bond acceptors (Lipinski definition) is 4. The first-order valence-corrected chi connectivity index (χ1v) is 7.50. The van der Waals surface area contributed by atoms with E-state index in [1.807, 2.05) is 12.3 Å². The standard InChI is InChI=1S/C10H13ClN2OS2/c1-10(3-2-4-16-10)8(14)13-9-12-7(5-11)6-15-9/h6H,2-5H2,1H3,(H,12,13,14). The molecule has 3 nitrogen and oxygen atoms in total. The summed E-state index contributed by atoms with van der Waals surface area (Å²) in [5.74, 6) is 1.51. The Morgan fingerprint density at radius 2 is 2.56 bits per heavy atom. The van der Waals surface area contributed by atoms with Crippen molar-refractivity contribution < 1.29 is 4.79 Å². The molecule has 0 aliphatic carbocycles. The number of nitrogens with one attached hydrogen (secondary N) is 1. The van der Waals surface area contributed by atoms with Gasteiger partial charge in [0.15, 0.2) is 5.13 Å². The molecular formula is C10H13ClN2OS2. The maximum Gasteiger partial charge on any atom is 0.242 e. The molecule has 2 rings (SSSR count). The summed E-state index contributed by atoms with van der Waals surface area (Å²) in [5, 5.41) is 5.38. The molecule has 0 bridgehead atoms. The van der Waals surface area contributed by atoms with Crippen molar-refractivity contribution in [2.45, 2.75) is 30.4 Å².